The molecule has 14 heavy (non-hydrogen) atoms. The van der Waals surface area contributed by atoms with Crippen LogP contribution in [0.25, 0.3) is 0 Å². The first-order valence-corrected chi connectivity index (χ1v) is 6.94. The molecule has 0 bridgehead atoms. The number of thioether (sulfide) groups is 1. The van der Waals surface area contributed by atoms with Crippen molar-refractivity contribution >= 4 is 23.1 Å². The molecule has 1 saturated heterocycles. The van der Waals surface area contributed by atoms with E-state index >= 15 is 0 Å². The average molecular weight is 228 g/mol. The van der Waals surface area contributed by atoms with E-state index < -0.39 is 0 Å². The zero-order chi connectivity index (χ0) is 9.97. The molecule has 2 atom stereocenters. The van der Waals surface area contributed by atoms with Gasteiger partial charge in [-0.15, -0.1) is 11.3 Å². The van der Waals surface area contributed by atoms with Crippen molar-refractivity contribution in [3.05, 3.63) is 16.1 Å². The Balaban J connectivity index is 2.01. The van der Waals surface area contributed by atoms with Crippen LogP contribution in [-0.2, 0) is 6.42 Å². The molecule has 2 rings (SSSR count). The van der Waals surface area contributed by atoms with Crippen LogP contribution < -0.4 is 5.73 Å². The van der Waals surface area contributed by atoms with E-state index in [0.29, 0.717) is 5.25 Å². The second-order valence-electron chi connectivity index (χ2n) is 3.85. The van der Waals surface area contributed by atoms with Crippen molar-refractivity contribution in [1.29, 1.82) is 0 Å². The number of rotatable bonds is 3. The van der Waals surface area contributed by atoms with Gasteiger partial charge in [-0.25, -0.2) is 4.98 Å². The first kappa shape index (κ1) is 10.5. The Morgan fingerprint density at radius 2 is 2.57 bits per heavy atom. The van der Waals surface area contributed by atoms with Gasteiger partial charge in [-0.3, -0.25) is 0 Å². The summed E-state index contributed by atoms with van der Waals surface area (Å²) in [5, 5.41) is 1.98. The van der Waals surface area contributed by atoms with E-state index in [1.807, 2.05) is 36.2 Å². The van der Waals surface area contributed by atoms with Crippen molar-refractivity contribution in [1.82, 2.24) is 4.98 Å². The molecule has 0 amide bonds. The number of thiazole rings is 1. The summed E-state index contributed by atoms with van der Waals surface area (Å²) in [5.41, 5.74) is 5.76. The van der Waals surface area contributed by atoms with Gasteiger partial charge in [0.05, 0.1) is 5.25 Å². The van der Waals surface area contributed by atoms with Crippen LogP contribution in [0.4, 0.5) is 0 Å². The normalized spacial score (nSPS) is 24.0. The van der Waals surface area contributed by atoms with Crippen LogP contribution in [0.15, 0.2) is 6.20 Å². The molecule has 1 aliphatic rings. The highest BCUT2D eigenvalue weighted by molar-refractivity contribution is 7.99. The van der Waals surface area contributed by atoms with E-state index in [2.05, 4.69) is 4.98 Å². The van der Waals surface area contributed by atoms with Gasteiger partial charge in [-0.2, -0.15) is 11.8 Å². The third-order valence-corrected chi connectivity index (χ3v) is 4.97. The Morgan fingerprint density at radius 3 is 3.21 bits per heavy atom. The molecule has 0 saturated carbocycles. The summed E-state index contributed by atoms with van der Waals surface area (Å²) < 4.78 is 0. The van der Waals surface area contributed by atoms with Crippen LogP contribution in [0, 0.1) is 0 Å². The molecule has 1 fully saturated rings. The maximum absolute atomic E-state index is 5.76. The van der Waals surface area contributed by atoms with Crippen molar-refractivity contribution in [3.8, 4) is 0 Å². The molecule has 1 aromatic heterocycles. The van der Waals surface area contributed by atoms with Gasteiger partial charge in [0.2, 0.25) is 0 Å². The summed E-state index contributed by atoms with van der Waals surface area (Å²) in [4.78, 5) is 5.83. The highest BCUT2D eigenvalue weighted by atomic mass is 32.2. The highest BCUT2D eigenvalue weighted by Crippen LogP contribution is 2.41. The molecule has 2 N–H and O–H groups in total. The maximum atomic E-state index is 5.76. The van der Waals surface area contributed by atoms with Crippen molar-refractivity contribution in [2.75, 3.05) is 5.75 Å². The average Bonchev–Trinajstić information content (AvgIpc) is 2.69. The molecule has 2 heterocycles. The minimum Gasteiger partial charge on any atom is -0.328 e. The Hall–Kier alpha value is -0.0600. The molecular formula is C10H16N2S2. The number of hydrogen-bond donors (Lipinski definition) is 1. The lowest BCUT2D eigenvalue weighted by Gasteiger charge is -2.02. The molecule has 4 heteroatoms. The first-order valence-electron chi connectivity index (χ1n) is 5.07. The van der Waals surface area contributed by atoms with Crippen LogP contribution in [0.2, 0.25) is 0 Å². The summed E-state index contributed by atoms with van der Waals surface area (Å²) in [7, 11) is 0. The summed E-state index contributed by atoms with van der Waals surface area (Å²) in [6.45, 7) is 2.05. The zero-order valence-electron chi connectivity index (χ0n) is 8.40. The molecular weight excluding hydrogens is 212 g/mol. The molecule has 1 aliphatic heterocycles. The Labute approximate surface area is 93.3 Å². The molecule has 2 unspecified atom stereocenters. The Kier molecular flexibility index (Phi) is 3.47. The zero-order valence-corrected chi connectivity index (χ0v) is 10.0. The summed E-state index contributed by atoms with van der Waals surface area (Å²) >= 11 is 3.89. The fourth-order valence-electron chi connectivity index (χ4n) is 1.66. The predicted octanol–water partition coefficient (Wildman–Crippen LogP) is 2.60. The number of nitrogens with zero attached hydrogens (tertiary/aromatic N) is 1. The van der Waals surface area contributed by atoms with Gasteiger partial charge in [0.15, 0.2) is 0 Å². The van der Waals surface area contributed by atoms with Gasteiger partial charge in [0.25, 0.3) is 0 Å². The van der Waals surface area contributed by atoms with Crippen molar-refractivity contribution < 1.29 is 0 Å². The van der Waals surface area contributed by atoms with Crippen LogP contribution >= 0.6 is 23.1 Å². The summed E-state index contributed by atoms with van der Waals surface area (Å²) in [6.07, 6.45) is 5.62. The summed E-state index contributed by atoms with van der Waals surface area (Å²) in [5.74, 6) is 1.30. The second-order valence-corrected chi connectivity index (χ2v) is 6.31. The smallest absolute Gasteiger partial charge is 0.106 e. The maximum Gasteiger partial charge on any atom is 0.106 e. The lowest BCUT2D eigenvalue weighted by Crippen LogP contribution is -2.16. The van der Waals surface area contributed by atoms with Crippen molar-refractivity contribution in [3.63, 3.8) is 0 Å². The van der Waals surface area contributed by atoms with E-state index in [1.165, 1.54) is 28.5 Å². The quantitative estimate of drug-likeness (QED) is 0.864. The molecule has 2 nitrogen and oxygen atoms in total. The Morgan fingerprint density at radius 1 is 1.71 bits per heavy atom. The lowest BCUT2D eigenvalue weighted by atomic mass is 10.2. The van der Waals surface area contributed by atoms with E-state index in [0.717, 1.165) is 6.42 Å². The molecule has 0 aliphatic carbocycles. The van der Waals surface area contributed by atoms with Gasteiger partial charge in [0.1, 0.15) is 5.01 Å². The van der Waals surface area contributed by atoms with E-state index in [1.54, 1.807) is 0 Å². The molecule has 0 radical (unpaired) electrons. The van der Waals surface area contributed by atoms with Crippen molar-refractivity contribution in [2.24, 2.45) is 5.73 Å². The number of hydrogen-bond acceptors (Lipinski definition) is 4. The molecule has 1 aromatic rings. The minimum absolute atomic E-state index is 0.250. The topological polar surface area (TPSA) is 38.9 Å². The van der Waals surface area contributed by atoms with Crippen molar-refractivity contribution in [2.45, 2.75) is 37.5 Å². The lowest BCUT2D eigenvalue weighted by molar-refractivity contribution is 0.745. The van der Waals surface area contributed by atoms with Gasteiger partial charge in [-0.1, -0.05) is 0 Å². The second kappa shape index (κ2) is 4.64. The van der Waals surface area contributed by atoms with Crippen LogP contribution in [0.5, 0.6) is 0 Å². The van der Waals surface area contributed by atoms with Crippen LogP contribution in [0.1, 0.15) is 34.9 Å². The van der Waals surface area contributed by atoms with Gasteiger partial charge in [-0.05, 0) is 31.9 Å². The standard InChI is InChI=1S/C10H16N2S2/c1-7(11)5-8-6-12-10(14-8)9-3-2-4-13-9/h6-7,9H,2-5,11H2,1H3. The van der Waals surface area contributed by atoms with E-state index in [4.69, 9.17) is 5.73 Å². The van der Waals surface area contributed by atoms with E-state index in [-0.39, 0.29) is 6.04 Å². The number of aromatic nitrogens is 1. The van der Waals surface area contributed by atoms with E-state index in [9.17, 15) is 0 Å². The SMILES string of the molecule is CC(N)Cc1cnc(C2CCCS2)s1. The molecule has 78 valence electrons. The fraction of sp³-hybridized carbons (Fsp3) is 0.700. The third kappa shape index (κ3) is 2.49. The molecule has 0 aromatic carbocycles. The first-order chi connectivity index (χ1) is 6.75. The fourth-order valence-corrected chi connectivity index (χ4v) is 4.23. The van der Waals surface area contributed by atoms with Gasteiger partial charge < -0.3 is 5.73 Å². The minimum atomic E-state index is 0.250. The predicted molar refractivity (Wildman–Crippen MR) is 63.9 cm³/mol. The summed E-state index contributed by atoms with van der Waals surface area (Å²) in [6, 6.07) is 0.250. The van der Waals surface area contributed by atoms with Gasteiger partial charge >= 0.3 is 0 Å². The van der Waals surface area contributed by atoms with Crippen LogP contribution in [0.3, 0.4) is 0 Å². The monoisotopic (exact) mass is 228 g/mol. The Bertz CT molecular complexity index is 290. The number of nitrogens with two attached hydrogens (primary N) is 1. The van der Waals surface area contributed by atoms with Gasteiger partial charge in [0, 0.05) is 17.1 Å². The van der Waals surface area contributed by atoms with Crippen LogP contribution in [-0.4, -0.2) is 16.8 Å². The highest BCUT2D eigenvalue weighted by Gasteiger charge is 2.20. The largest absolute Gasteiger partial charge is 0.328 e. The third-order valence-electron chi connectivity index (χ3n) is 2.30. The molecule has 0 spiro atoms.